The summed E-state index contributed by atoms with van der Waals surface area (Å²) < 4.78 is 28.4. The first-order chi connectivity index (χ1) is 14.5. The molecule has 0 spiro atoms. The Morgan fingerprint density at radius 3 is 2.43 bits per heavy atom. The first-order valence-electron chi connectivity index (χ1n) is 9.98. The van der Waals surface area contributed by atoms with Crippen molar-refractivity contribution in [3.8, 4) is 0 Å². The summed E-state index contributed by atoms with van der Waals surface area (Å²) in [4.78, 5) is 9.19. The average molecular weight is 443 g/mol. The van der Waals surface area contributed by atoms with Crippen LogP contribution in [0.25, 0.3) is 11.0 Å². The number of rotatable bonds is 7. The van der Waals surface area contributed by atoms with Gasteiger partial charge in [-0.1, -0.05) is 41.4 Å². The molecule has 1 aliphatic rings. The van der Waals surface area contributed by atoms with Crippen LogP contribution in [0.2, 0.25) is 5.02 Å². The molecule has 0 amide bonds. The number of benzene rings is 2. The van der Waals surface area contributed by atoms with Crippen LogP contribution in [0.1, 0.15) is 32.1 Å². The zero-order chi connectivity index (χ0) is 21.0. The van der Waals surface area contributed by atoms with Crippen LogP contribution in [-0.2, 0) is 10.0 Å². The van der Waals surface area contributed by atoms with Crippen molar-refractivity contribution in [2.45, 2.75) is 37.0 Å². The van der Waals surface area contributed by atoms with E-state index in [1.807, 2.05) is 18.2 Å². The second-order valence-electron chi connectivity index (χ2n) is 7.26. The molecule has 156 valence electrons. The monoisotopic (exact) mass is 442 g/mol. The van der Waals surface area contributed by atoms with Gasteiger partial charge in [-0.25, -0.2) is 18.4 Å². The molecule has 1 aromatic heterocycles. The van der Waals surface area contributed by atoms with Crippen molar-refractivity contribution in [1.29, 1.82) is 0 Å². The lowest BCUT2D eigenvalue weighted by atomic mass is 9.97. The lowest BCUT2D eigenvalue weighted by molar-refractivity contribution is 0.601. The molecule has 1 heterocycles. The van der Waals surface area contributed by atoms with Crippen LogP contribution in [0.15, 0.2) is 65.1 Å². The summed E-state index contributed by atoms with van der Waals surface area (Å²) >= 11 is 5.97. The Bertz CT molecular complexity index is 1190. The third kappa shape index (κ3) is 4.91. The number of para-hydroxylation sites is 2. The number of fused-ring (bicyclic) bond motifs is 1. The number of nitrogens with zero attached hydrogens (tertiary/aromatic N) is 2. The van der Waals surface area contributed by atoms with Gasteiger partial charge in [-0.05, 0) is 62.4 Å². The van der Waals surface area contributed by atoms with Crippen LogP contribution in [0.5, 0.6) is 0 Å². The summed E-state index contributed by atoms with van der Waals surface area (Å²) in [7, 11) is -3.86. The number of aromatic nitrogens is 2. The summed E-state index contributed by atoms with van der Waals surface area (Å²) in [5.41, 5.74) is 2.74. The molecular formula is C22H23ClN4O2S. The number of hydrogen-bond donors (Lipinski definition) is 2. The molecule has 4 rings (SSSR count). The molecular weight excluding hydrogens is 420 g/mol. The maximum atomic E-state index is 12.9. The van der Waals surface area contributed by atoms with Gasteiger partial charge in [0.2, 0.25) is 0 Å². The minimum atomic E-state index is -3.86. The van der Waals surface area contributed by atoms with Crippen molar-refractivity contribution in [1.82, 2.24) is 9.97 Å². The van der Waals surface area contributed by atoms with Crippen molar-refractivity contribution < 1.29 is 8.42 Å². The van der Waals surface area contributed by atoms with Crippen molar-refractivity contribution in [2.24, 2.45) is 0 Å². The van der Waals surface area contributed by atoms with Crippen molar-refractivity contribution in [2.75, 3.05) is 16.6 Å². The van der Waals surface area contributed by atoms with Gasteiger partial charge in [0.1, 0.15) is 0 Å². The third-order valence-electron chi connectivity index (χ3n) is 5.03. The molecule has 2 N–H and O–H groups in total. The van der Waals surface area contributed by atoms with Gasteiger partial charge in [-0.3, -0.25) is 4.72 Å². The van der Waals surface area contributed by atoms with Crippen LogP contribution >= 0.6 is 11.6 Å². The summed E-state index contributed by atoms with van der Waals surface area (Å²) in [6, 6.07) is 13.5. The predicted molar refractivity (Wildman–Crippen MR) is 121 cm³/mol. The van der Waals surface area contributed by atoms with E-state index in [9.17, 15) is 8.42 Å². The molecule has 0 saturated heterocycles. The van der Waals surface area contributed by atoms with Crippen LogP contribution in [-0.4, -0.2) is 24.9 Å². The number of allylic oxidation sites excluding steroid dienone is 1. The maximum Gasteiger partial charge on any atom is 0.263 e. The van der Waals surface area contributed by atoms with E-state index in [2.05, 4.69) is 26.1 Å². The van der Waals surface area contributed by atoms with Crippen molar-refractivity contribution >= 4 is 44.3 Å². The Labute approximate surface area is 181 Å². The zero-order valence-electron chi connectivity index (χ0n) is 16.4. The fraction of sp³-hybridized carbons (Fsp3) is 0.273. The second-order valence-corrected chi connectivity index (χ2v) is 9.38. The SMILES string of the molecule is O=S(=O)(Nc1nc2ccccc2nc1NCCC1=CCCCC1)c1cccc(Cl)c1. The quantitative estimate of drug-likeness (QED) is 0.479. The molecule has 2 aromatic carbocycles. The number of anilines is 2. The first-order valence-corrected chi connectivity index (χ1v) is 11.8. The Balaban J connectivity index is 1.61. The van der Waals surface area contributed by atoms with E-state index in [4.69, 9.17) is 11.6 Å². The van der Waals surface area contributed by atoms with Crippen molar-refractivity contribution in [3.05, 3.63) is 65.2 Å². The van der Waals surface area contributed by atoms with Crippen LogP contribution < -0.4 is 10.0 Å². The van der Waals surface area contributed by atoms with E-state index in [1.54, 1.807) is 18.2 Å². The van der Waals surface area contributed by atoms with Gasteiger partial charge in [-0.2, -0.15) is 0 Å². The molecule has 0 aliphatic heterocycles. The molecule has 0 saturated carbocycles. The molecule has 1 aliphatic carbocycles. The van der Waals surface area contributed by atoms with Gasteiger partial charge < -0.3 is 5.32 Å². The van der Waals surface area contributed by atoms with Gasteiger partial charge in [0.15, 0.2) is 11.6 Å². The van der Waals surface area contributed by atoms with E-state index in [1.165, 1.54) is 30.5 Å². The minimum absolute atomic E-state index is 0.0725. The third-order valence-corrected chi connectivity index (χ3v) is 6.60. The van der Waals surface area contributed by atoms with E-state index in [0.29, 0.717) is 28.4 Å². The number of nitrogens with one attached hydrogen (secondary N) is 2. The van der Waals surface area contributed by atoms with Crippen molar-refractivity contribution in [3.63, 3.8) is 0 Å². The summed E-state index contributed by atoms with van der Waals surface area (Å²) in [5.74, 6) is 0.585. The second kappa shape index (κ2) is 9.02. The Hall–Kier alpha value is -2.64. The van der Waals surface area contributed by atoms with Gasteiger partial charge >= 0.3 is 0 Å². The van der Waals surface area contributed by atoms with E-state index in [-0.39, 0.29) is 10.7 Å². The minimum Gasteiger partial charge on any atom is -0.367 e. The zero-order valence-corrected chi connectivity index (χ0v) is 18.0. The van der Waals surface area contributed by atoms with E-state index >= 15 is 0 Å². The van der Waals surface area contributed by atoms with Crippen LogP contribution in [0.3, 0.4) is 0 Å². The highest BCUT2D eigenvalue weighted by Crippen LogP contribution is 2.26. The average Bonchev–Trinajstić information content (AvgIpc) is 2.74. The topological polar surface area (TPSA) is 84.0 Å². The van der Waals surface area contributed by atoms with Gasteiger partial charge in [-0.15, -0.1) is 0 Å². The molecule has 0 radical (unpaired) electrons. The summed E-state index contributed by atoms with van der Waals surface area (Å²) in [6.45, 7) is 0.657. The van der Waals surface area contributed by atoms with Gasteiger partial charge in [0, 0.05) is 11.6 Å². The Kier molecular flexibility index (Phi) is 6.20. The molecule has 0 bridgehead atoms. The highest BCUT2D eigenvalue weighted by atomic mass is 35.5. The highest BCUT2D eigenvalue weighted by molar-refractivity contribution is 7.92. The standard InChI is InChI=1S/C22H23ClN4O2S/c23-17-9-6-10-18(15-17)30(28,29)27-22-21(24-14-13-16-7-2-1-3-8-16)25-19-11-4-5-12-20(19)26-22/h4-7,9-12,15H,1-3,8,13-14H2,(H,24,25)(H,26,27). The molecule has 0 fully saturated rings. The maximum absolute atomic E-state index is 12.9. The smallest absolute Gasteiger partial charge is 0.263 e. The van der Waals surface area contributed by atoms with Crippen LogP contribution in [0.4, 0.5) is 11.6 Å². The number of hydrogen-bond acceptors (Lipinski definition) is 5. The lowest BCUT2D eigenvalue weighted by Crippen LogP contribution is -2.17. The van der Waals surface area contributed by atoms with E-state index in [0.717, 1.165) is 19.3 Å². The highest BCUT2D eigenvalue weighted by Gasteiger charge is 2.19. The molecule has 30 heavy (non-hydrogen) atoms. The van der Waals surface area contributed by atoms with Gasteiger partial charge in [0.25, 0.3) is 10.0 Å². The van der Waals surface area contributed by atoms with Gasteiger partial charge in [0.05, 0.1) is 15.9 Å². The fourth-order valence-electron chi connectivity index (χ4n) is 3.49. The molecule has 3 aromatic rings. The fourth-order valence-corrected chi connectivity index (χ4v) is 4.80. The summed E-state index contributed by atoms with van der Waals surface area (Å²) in [5, 5.41) is 3.62. The number of halogens is 1. The Morgan fingerprint density at radius 2 is 1.73 bits per heavy atom. The first kappa shape index (κ1) is 20.6. The largest absolute Gasteiger partial charge is 0.367 e. The molecule has 6 nitrogen and oxygen atoms in total. The van der Waals surface area contributed by atoms with E-state index < -0.39 is 10.0 Å². The molecule has 0 unspecified atom stereocenters. The predicted octanol–water partition coefficient (Wildman–Crippen LogP) is 5.39. The lowest BCUT2D eigenvalue weighted by Gasteiger charge is -2.16. The normalized spacial score (nSPS) is 14.4. The number of sulfonamides is 1. The molecule has 0 atom stereocenters. The Morgan fingerprint density at radius 1 is 0.967 bits per heavy atom. The summed E-state index contributed by atoms with van der Waals surface area (Å²) in [6.07, 6.45) is 7.94. The molecule has 8 heteroatoms. The van der Waals surface area contributed by atoms with Crippen LogP contribution in [0, 0.1) is 0 Å².